The molecule has 0 rings (SSSR count). The van der Waals surface area contributed by atoms with Crippen LogP contribution in [0.1, 0.15) is 51.9 Å². The molecule has 0 radical (unpaired) electrons. The lowest BCUT2D eigenvalue weighted by Gasteiger charge is -2.30. The molecule has 0 aliphatic rings. The molecule has 9 heteroatoms. The minimum absolute atomic E-state index is 0.00115. The van der Waals surface area contributed by atoms with E-state index in [1.165, 1.54) is 0 Å². The van der Waals surface area contributed by atoms with Gasteiger partial charge in [-0.2, -0.15) is 37.9 Å². The number of hydrogen-bond acceptors (Lipinski definition) is 9. The van der Waals surface area contributed by atoms with E-state index in [0.29, 0.717) is 36.5 Å². The van der Waals surface area contributed by atoms with E-state index in [1.807, 2.05) is 0 Å². The number of hydrogen-bond donors (Lipinski definition) is 3. The molecule has 0 aliphatic carbocycles. The van der Waals surface area contributed by atoms with Crippen LogP contribution in [0.25, 0.3) is 0 Å². The van der Waals surface area contributed by atoms with Crippen LogP contribution in [-0.2, 0) is 28.6 Å². The Kier molecular flexibility index (Phi) is 13.4. The molecule has 0 amide bonds. The third kappa shape index (κ3) is 10.4. The number of carbonyl (C=O) groups excluding carboxylic acids is 3. The zero-order valence-electron chi connectivity index (χ0n) is 13.9. The van der Waals surface area contributed by atoms with E-state index in [2.05, 4.69) is 37.9 Å². The summed E-state index contributed by atoms with van der Waals surface area (Å²) >= 11 is 12.1. The van der Waals surface area contributed by atoms with E-state index in [0.717, 1.165) is 0 Å². The van der Waals surface area contributed by atoms with E-state index >= 15 is 0 Å². The van der Waals surface area contributed by atoms with Gasteiger partial charge in [0.1, 0.15) is 0 Å². The maximum Gasteiger partial charge on any atom is 0.423 e. The maximum atomic E-state index is 11.9. The summed E-state index contributed by atoms with van der Waals surface area (Å²) in [6, 6.07) is 0. The molecule has 6 nitrogen and oxygen atoms in total. The van der Waals surface area contributed by atoms with E-state index < -0.39 is 23.9 Å². The summed E-state index contributed by atoms with van der Waals surface area (Å²) in [5.41, 5.74) is 0. The Balaban J connectivity index is 5.01. The van der Waals surface area contributed by atoms with Crippen LogP contribution in [0.2, 0.25) is 0 Å². The molecule has 0 aromatic carbocycles. The van der Waals surface area contributed by atoms with Crippen LogP contribution in [0.15, 0.2) is 0 Å². The Bertz CT molecular complexity index is 348. The molecule has 24 heavy (non-hydrogen) atoms. The highest BCUT2D eigenvalue weighted by Gasteiger charge is 2.41. The molecule has 0 heterocycles. The Labute approximate surface area is 159 Å². The second-order valence-corrected chi connectivity index (χ2v) is 6.28. The van der Waals surface area contributed by atoms with Crippen LogP contribution in [0.5, 0.6) is 0 Å². The SMILES string of the molecule is CCC(OC(=O)CCCS)(OC(=O)CCCS)OC(=O)CCCS. The largest absolute Gasteiger partial charge is 0.423 e. The fraction of sp³-hybridized carbons (Fsp3) is 0.800. The van der Waals surface area contributed by atoms with Crippen LogP contribution in [-0.4, -0.2) is 41.1 Å². The number of ether oxygens (including phenoxy) is 3. The molecule has 0 unspecified atom stereocenters. The van der Waals surface area contributed by atoms with Gasteiger partial charge in [-0.15, -0.1) is 0 Å². The fourth-order valence-corrected chi connectivity index (χ4v) is 2.10. The van der Waals surface area contributed by atoms with Gasteiger partial charge in [-0.25, -0.2) is 0 Å². The molecule has 0 N–H and O–H groups in total. The van der Waals surface area contributed by atoms with Crippen molar-refractivity contribution >= 4 is 55.8 Å². The lowest BCUT2D eigenvalue weighted by molar-refractivity contribution is -0.331. The maximum absolute atomic E-state index is 11.9. The quantitative estimate of drug-likeness (QED) is 0.252. The van der Waals surface area contributed by atoms with Gasteiger partial charge in [-0.1, -0.05) is 6.92 Å². The van der Waals surface area contributed by atoms with Crippen molar-refractivity contribution in [2.45, 2.75) is 57.8 Å². The van der Waals surface area contributed by atoms with Crippen molar-refractivity contribution in [2.24, 2.45) is 0 Å². The predicted octanol–water partition coefficient (Wildman–Crippen LogP) is 2.81. The molecular weight excluding hydrogens is 372 g/mol. The summed E-state index contributed by atoms with van der Waals surface area (Å²) in [4.78, 5) is 35.7. The van der Waals surface area contributed by atoms with Gasteiger partial charge in [0, 0.05) is 19.3 Å². The first kappa shape index (κ1) is 23.5. The lowest BCUT2D eigenvalue weighted by Crippen LogP contribution is -2.44. The summed E-state index contributed by atoms with van der Waals surface area (Å²) < 4.78 is 15.6. The molecule has 0 aromatic rings. The first-order valence-corrected chi connectivity index (χ1v) is 9.80. The fourth-order valence-electron chi connectivity index (χ4n) is 1.62. The van der Waals surface area contributed by atoms with Gasteiger partial charge in [-0.05, 0) is 36.5 Å². The molecule has 0 aromatic heterocycles. The minimum Gasteiger partial charge on any atom is -0.388 e. The Morgan fingerprint density at radius 3 is 1.21 bits per heavy atom. The molecule has 0 bridgehead atoms. The van der Waals surface area contributed by atoms with E-state index in [9.17, 15) is 14.4 Å². The molecule has 140 valence electrons. The third-order valence-corrected chi connectivity index (χ3v) is 3.81. The summed E-state index contributed by atoms with van der Waals surface area (Å²) in [7, 11) is 0. The van der Waals surface area contributed by atoms with Crippen LogP contribution in [0, 0.1) is 0 Å². The zero-order chi connectivity index (χ0) is 18.4. The molecule has 0 aliphatic heterocycles. The van der Waals surface area contributed by atoms with Gasteiger partial charge in [0.15, 0.2) is 0 Å². The standard InChI is InChI=1S/C15H26O6S3/c1-2-15(19-12(16)6-3-9-22,20-13(17)7-4-10-23)21-14(18)8-5-11-24/h22-24H,2-11H2,1H3. The van der Waals surface area contributed by atoms with Gasteiger partial charge in [-0.3, -0.25) is 14.4 Å². The Morgan fingerprint density at radius 1 is 0.708 bits per heavy atom. The first-order chi connectivity index (χ1) is 11.4. The van der Waals surface area contributed by atoms with Gasteiger partial charge >= 0.3 is 23.9 Å². The molecular formula is C15H26O6S3. The number of carbonyl (C=O) groups is 3. The van der Waals surface area contributed by atoms with Crippen molar-refractivity contribution in [1.29, 1.82) is 0 Å². The second-order valence-electron chi connectivity index (χ2n) is 4.94. The molecule has 0 spiro atoms. The highest BCUT2D eigenvalue weighted by molar-refractivity contribution is 7.80. The van der Waals surface area contributed by atoms with Crippen molar-refractivity contribution in [3.05, 3.63) is 0 Å². The summed E-state index contributed by atoms with van der Waals surface area (Å²) in [6.45, 7) is 1.60. The zero-order valence-corrected chi connectivity index (χ0v) is 16.5. The van der Waals surface area contributed by atoms with Gasteiger partial charge in [0.2, 0.25) is 0 Å². The van der Waals surface area contributed by atoms with Crippen LogP contribution in [0.3, 0.4) is 0 Å². The monoisotopic (exact) mass is 398 g/mol. The normalized spacial score (nSPS) is 11.0. The van der Waals surface area contributed by atoms with Gasteiger partial charge in [0.25, 0.3) is 0 Å². The molecule has 0 saturated heterocycles. The number of rotatable bonds is 13. The summed E-state index contributed by atoms with van der Waals surface area (Å²) in [5.74, 6) is -2.33. The van der Waals surface area contributed by atoms with Crippen molar-refractivity contribution in [2.75, 3.05) is 17.3 Å². The summed E-state index contributed by atoms with van der Waals surface area (Å²) in [5, 5.41) is 0. The van der Waals surface area contributed by atoms with Crippen LogP contribution in [0.4, 0.5) is 0 Å². The van der Waals surface area contributed by atoms with Gasteiger partial charge in [0.05, 0.1) is 6.42 Å². The number of thiol groups is 3. The minimum atomic E-state index is -2.02. The highest BCUT2D eigenvalue weighted by Crippen LogP contribution is 2.24. The average Bonchev–Trinajstić information content (AvgIpc) is 2.56. The number of esters is 3. The van der Waals surface area contributed by atoms with Crippen LogP contribution >= 0.6 is 37.9 Å². The molecule has 0 saturated carbocycles. The van der Waals surface area contributed by atoms with Crippen LogP contribution < -0.4 is 0 Å². The van der Waals surface area contributed by atoms with Crippen molar-refractivity contribution in [3.8, 4) is 0 Å². The first-order valence-electron chi connectivity index (χ1n) is 7.91. The Hall–Kier alpha value is -0.540. The Morgan fingerprint density at radius 2 is 1.00 bits per heavy atom. The van der Waals surface area contributed by atoms with E-state index in [4.69, 9.17) is 14.2 Å². The highest BCUT2D eigenvalue weighted by atomic mass is 32.1. The lowest BCUT2D eigenvalue weighted by atomic mass is 10.3. The van der Waals surface area contributed by atoms with Crippen molar-refractivity contribution < 1.29 is 28.6 Å². The molecule has 0 fully saturated rings. The van der Waals surface area contributed by atoms with E-state index in [1.54, 1.807) is 6.92 Å². The van der Waals surface area contributed by atoms with Crippen molar-refractivity contribution in [3.63, 3.8) is 0 Å². The van der Waals surface area contributed by atoms with Gasteiger partial charge < -0.3 is 14.2 Å². The van der Waals surface area contributed by atoms with E-state index in [-0.39, 0.29) is 25.7 Å². The smallest absolute Gasteiger partial charge is 0.388 e. The second kappa shape index (κ2) is 13.7. The third-order valence-electron chi connectivity index (χ3n) is 2.86. The molecule has 0 atom stereocenters. The summed E-state index contributed by atoms with van der Waals surface area (Å²) in [6.07, 6.45) is 1.78. The van der Waals surface area contributed by atoms with Crippen molar-refractivity contribution in [1.82, 2.24) is 0 Å². The average molecular weight is 399 g/mol. The predicted molar refractivity (Wildman–Crippen MR) is 101 cm³/mol. The topological polar surface area (TPSA) is 78.9 Å².